The molecular weight excluding hydrogens is 334 g/mol. The molecule has 3 heterocycles. The molecule has 0 fully saturated rings. The second-order valence-corrected chi connectivity index (χ2v) is 5.96. The summed E-state index contributed by atoms with van der Waals surface area (Å²) < 4.78 is 7.06. The lowest BCUT2D eigenvalue weighted by Crippen LogP contribution is -2.24. The van der Waals surface area contributed by atoms with E-state index in [0.717, 1.165) is 18.5 Å². The van der Waals surface area contributed by atoms with Gasteiger partial charge in [-0.1, -0.05) is 13.3 Å². The Morgan fingerprint density at radius 2 is 2.23 bits per heavy atom. The van der Waals surface area contributed by atoms with E-state index in [0.29, 0.717) is 29.1 Å². The third-order valence-electron chi connectivity index (χ3n) is 4.01. The number of fused-ring (bicyclic) bond motifs is 1. The highest BCUT2D eigenvalue weighted by atomic mass is 16.5. The molecule has 0 aliphatic carbocycles. The summed E-state index contributed by atoms with van der Waals surface area (Å²) in [5.41, 5.74) is 7.82. The number of aromatic nitrogens is 5. The van der Waals surface area contributed by atoms with E-state index >= 15 is 0 Å². The zero-order valence-corrected chi connectivity index (χ0v) is 14.9. The normalized spacial score (nSPS) is 12.3. The van der Waals surface area contributed by atoms with Gasteiger partial charge in [-0.25, -0.2) is 4.98 Å². The number of hydrogen-bond acceptors (Lipinski definition) is 8. The molecule has 0 aliphatic rings. The van der Waals surface area contributed by atoms with Gasteiger partial charge in [-0.2, -0.15) is 10.1 Å². The van der Waals surface area contributed by atoms with Crippen LogP contribution in [0.25, 0.3) is 11.0 Å². The highest BCUT2D eigenvalue weighted by molar-refractivity contribution is 5.85. The van der Waals surface area contributed by atoms with Gasteiger partial charge in [0.15, 0.2) is 11.3 Å². The van der Waals surface area contributed by atoms with Crippen molar-refractivity contribution in [3.05, 3.63) is 30.2 Å². The van der Waals surface area contributed by atoms with Crippen LogP contribution in [-0.2, 0) is 6.54 Å². The Kier molecular flexibility index (Phi) is 5.47. The summed E-state index contributed by atoms with van der Waals surface area (Å²) in [5, 5.41) is 17.3. The minimum atomic E-state index is -0.112. The molecule has 0 spiro atoms. The van der Waals surface area contributed by atoms with Crippen LogP contribution in [0.5, 0.6) is 5.75 Å². The summed E-state index contributed by atoms with van der Waals surface area (Å²) in [5.74, 6) is 1.37. The minimum absolute atomic E-state index is 0.00504. The first-order valence-electron chi connectivity index (χ1n) is 8.50. The molecule has 0 aromatic carbocycles. The first-order chi connectivity index (χ1) is 12.6. The molecule has 0 amide bonds. The fraction of sp³-hybridized carbons (Fsp3) is 0.412. The topological polar surface area (TPSA) is 124 Å². The Balaban J connectivity index is 1.93. The van der Waals surface area contributed by atoms with Crippen LogP contribution in [0.4, 0.5) is 11.8 Å². The van der Waals surface area contributed by atoms with Crippen LogP contribution in [0.2, 0.25) is 0 Å². The largest absolute Gasteiger partial charge is 0.495 e. The molecule has 26 heavy (non-hydrogen) atoms. The summed E-state index contributed by atoms with van der Waals surface area (Å²) in [6.45, 7) is 2.49. The van der Waals surface area contributed by atoms with E-state index in [4.69, 9.17) is 10.5 Å². The molecule has 0 aliphatic heterocycles. The standard InChI is InChI=1S/C17H23N7O2/c1-3-5-11(10-25)20-16-15-13(21-17(18)22-16)9-24(23-15)8-12-14(26-2)6-4-7-19-12/h4,6-7,9,11,25H,3,5,8,10H2,1-2H3,(H3,18,20,21,22)/t11-/m0/s1. The lowest BCUT2D eigenvalue weighted by atomic mass is 10.2. The summed E-state index contributed by atoms with van der Waals surface area (Å²) >= 11 is 0. The lowest BCUT2D eigenvalue weighted by molar-refractivity contribution is 0.268. The molecular formula is C17H23N7O2. The van der Waals surface area contributed by atoms with Crippen molar-refractivity contribution in [2.45, 2.75) is 32.4 Å². The zero-order chi connectivity index (χ0) is 18.5. The van der Waals surface area contributed by atoms with Gasteiger partial charge in [-0.15, -0.1) is 0 Å². The number of nitrogen functional groups attached to an aromatic ring is 1. The SMILES string of the molecule is CCC[C@@H](CO)Nc1nc(N)nc2cn(Cc3ncccc3OC)nc12. The van der Waals surface area contributed by atoms with E-state index in [2.05, 4.69) is 32.3 Å². The first-order valence-corrected chi connectivity index (χ1v) is 8.50. The summed E-state index contributed by atoms with van der Waals surface area (Å²) in [6, 6.07) is 3.56. The molecule has 9 nitrogen and oxygen atoms in total. The number of aliphatic hydroxyl groups is 1. The second kappa shape index (κ2) is 7.96. The maximum absolute atomic E-state index is 9.53. The Morgan fingerprint density at radius 3 is 2.96 bits per heavy atom. The van der Waals surface area contributed by atoms with E-state index in [-0.39, 0.29) is 18.6 Å². The Hall–Kier alpha value is -2.94. The molecule has 3 aromatic rings. The molecule has 9 heteroatoms. The Labute approximate surface area is 151 Å². The van der Waals surface area contributed by atoms with Crippen molar-refractivity contribution >= 4 is 22.8 Å². The van der Waals surface area contributed by atoms with E-state index < -0.39 is 0 Å². The third kappa shape index (κ3) is 3.83. The average Bonchev–Trinajstić information content (AvgIpc) is 3.04. The second-order valence-electron chi connectivity index (χ2n) is 5.96. The number of nitrogens with one attached hydrogen (secondary N) is 1. The average molecular weight is 357 g/mol. The van der Waals surface area contributed by atoms with E-state index in [1.54, 1.807) is 24.2 Å². The number of pyridine rings is 1. The highest BCUT2D eigenvalue weighted by Crippen LogP contribution is 2.22. The highest BCUT2D eigenvalue weighted by Gasteiger charge is 2.15. The van der Waals surface area contributed by atoms with Crippen LogP contribution in [0.15, 0.2) is 24.5 Å². The van der Waals surface area contributed by atoms with Gasteiger partial charge >= 0.3 is 0 Å². The predicted octanol–water partition coefficient (Wildman–Crippen LogP) is 1.43. The van der Waals surface area contributed by atoms with Crippen molar-refractivity contribution in [2.75, 3.05) is 24.8 Å². The van der Waals surface area contributed by atoms with Gasteiger partial charge in [0.25, 0.3) is 0 Å². The monoisotopic (exact) mass is 357 g/mol. The predicted molar refractivity (Wildman–Crippen MR) is 99.0 cm³/mol. The van der Waals surface area contributed by atoms with Crippen molar-refractivity contribution in [3.8, 4) is 5.75 Å². The maximum atomic E-state index is 9.53. The van der Waals surface area contributed by atoms with Gasteiger partial charge in [0.05, 0.1) is 32.5 Å². The summed E-state index contributed by atoms with van der Waals surface area (Å²) in [4.78, 5) is 12.8. The zero-order valence-electron chi connectivity index (χ0n) is 14.9. The van der Waals surface area contributed by atoms with Crippen molar-refractivity contribution in [3.63, 3.8) is 0 Å². The van der Waals surface area contributed by atoms with Crippen LogP contribution in [0.1, 0.15) is 25.5 Å². The number of hydrogen-bond donors (Lipinski definition) is 3. The molecule has 0 saturated heterocycles. The molecule has 0 bridgehead atoms. The van der Waals surface area contributed by atoms with Gasteiger partial charge in [0.1, 0.15) is 17.0 Å². The van der Waals surface area contributed by atoms with Gasteiger partial charge in [0.2, 0.25) is 5.95 Å². The number of methoxy groups -OCH3 is 1. The van der Waals surface area contributed by atoms with Gasteiger partial charge < -0.3 is 20.9 Å². The van der Waals surface area contributed by atoms with Gasteiger partial charge in [-0.05, 0) is 18.6 Å². The lowest BCUT2D eigenvalue weighted by Gasteiger charge is -2.16. The Bertz CT molecular complexity index is 881. The van der Waals surface area contributed by atoms with Crippen molar-refractivity contribution in [1.29, 1.82) is 0 Å². The molecule has 3 rings (SSSR count). The number of nitrogens with two attached hydrogens (primary N) is 1. The summed E-state index contributed by atoms with van der Waals surface area (Å²) in [7, 11) is 1.61. The number of ether oxygens (including phenoxy) is 1. The fourth-order valence-corrected chi connectivity index (χ4v) is 2.79. The smallest absolute Gasteiger partial charge is 0.222 e. The van der Waals surface area contributed by atoms with Crippen molar-refractivity contribution < 1.29 is 9.84 Å². The van der Waals surface area contributed by atoms with Crippen LogP contribution in [0, 0.1) is 0 Å². The van der Waals surface area contributed by atoms with Gasteiger partial charge in [0, 0.05) is 6.20 Å². The number of anilines is 2. The third-order valence-corrected chi connectivity index (χ3v) is 4.01. The molecule has 138 valence electrons. The molecule has 4 N–H and O–H groups in total. The quantitative estimate of drug-likeness (QED) is 0.553. The number of nitrogens with zero attached hydrogens (tertiary/aromatic N) is 5. The minimum Gasteiger partial charge on any atom is -0.495 e. The molecule has 1 atom stereocenters. The summed E-state index contributed by atoms with van der Waals surface area (Å²) in [6.07, 6.45) is 5.26. The van der Waals surface area contributed by atoms with Crippen LogP contribution in [-0.4, -0.2) is 49.6 Å². The maximum Gasteiger partial charge on any atom is 0.222 e. The van der Waals surface area contributed by atoms with Gasteiger partial charge in [-0.3, -0.25) is 9.67 Å². The van der Waals surface area contributed by atoms with E-state index in [1.165, 1.54) is 0 Å². The molecule has 3 aromatic heterocycles. The molecule has 0 saturated carbocycles. The van der Waals surface area contributed by atoms with Crippen molar-refractivity contribution in [1.82, 2.24) is 24.7 Å². The van der Waals surface area contributed by atoms with Crippen molar-refractivity contribution in [2.24, 2.45) is 0 Å². The number of aliphatic hydroxyl groups excluding tert-OH is 1. The number of rotatable bonds is 8. The van der Waals surface area contributed by atoms with Crippen LogP contribution in [0.3, 0.4) is 0 Å². The van der Waals surface area contributed by atoms with Crippen LogP contribution < -0.4 is 15.8 Å². The first kappa shape index (κ1) is 17.9. The van der Waals surface area contributed by atoms with E-state index in [1.807, 2.05) is 12.1 Å². The van der Waals surface area contributed by atoms with E-state index in [9.17, 15) is 5.11 Å². The van der Waals surface area contributed by atoms with Crippen LogP contribution >= 0.6 is 0 Å². The molecule has 0 unspecified atom stereocenters. The Morgan fingerprint density at radius 1 is 1.38 bits per heavy atom. The fourth-order valence-electron chi connectivity index (χ4n) is 2.79. The molecule has 0 radical (unpaired) electrons.